The predicted molar refractivity (Wildman–Crippen MR) is 86.2 cm³/mol. The smallest absolute Gasteiger partial charge is 0.417 e. The number of ether oxygens (including phenoxy) is 1. The first-order valence-electron chi connectivity index (χ1n) is 7.67. The summed E-state index contributed by atoms with van der Waals surface area (Å²) in [5.41, 5.74) is 1.03. The van der Waals surface area contributed by atoms with E-state index >= 15 is 0 Å². The van der Waals surface area contributed by atoms with Crippen LogP contribution in [-0.2, 0) is 9.53 Å². The topological polar surface area (TPSA) is 46.6 Å². The van der Waals surface area contributed by atoms with Crippen LogP contribution in [0, 0.1) is 0 Å². The lowest BCUT2D eigenvalue weighted by atomic mass is 10.1. The molecule has 0 bridgehead atoms. The summed E-state index contributed by atoms with van der Waals surface area (Å²) in [7, 11) is 0. The molecule has 1 aromatic carbocycles. The molecule has 1 heterocycles. The van der Waals surface area contributed by atoms with Crippen LogP contribution in [0.3, 0.4) is 0 Å². The Morgan fingerprint density at radius 3 is 2.50 bits per heavy atom. The summed E-state index contributed by atoms with van der Waals surface area (Å²) in [6, 6.07) is 9.69. The SMILES string of the molecule is CC(C)(C)OC(=O)N1CCCC/C(=C\c2ccccc2)C1=O. The van der Waals surface area contributed by atoms with Crippen molar-refractivity contribution in [3.63, 3.8) is 0 Å². The molecule has 2 amide bonds. The average molecular weight is 301 g/mol. The van der Waals surface area contributed by atoms with Crippen LogP contribution in [0.15, 0.2) is 35.9 Å². The van der Waals surface area contributed by atoms with Gasteiger partial charge in [-0.05, 0) is 51.7 Å². The molecule has 118 valence electrons. The third-order valence-corrected chi connectivity index (χ3v) is 3.35. The number of rotatable bonds is 1. The van der Waals surface area contributed by atoms with Crippen molar-refractivity contribution in [2.45, 2.75) is 45.6 Å². The number of amides is 2. The fraction of sp³-hybridized carbons (Fsp3) is 0.444. The second-order valence-corrected chi connectivity index (χ2v) is 6.47. The van der Waals surface area contributed by atoms with Gasteiger partial charge in [-0.25, -0.2) is 9.69 Å². The second kappa shape index (κ2) is 6.77. The van der Waals surface area contributed by atoms with Crippen LogP contribution < -0.4 is 0 Å². The maximum atomic E-state index is 12.6. The van der Waals surface area contributed by atoms with Crippen LogP contribution in [0.25, 0.3) is 6.08 Å². The Balaban J connectivity index is 2.21. The Kier molecular flexibility index (Phi) is 5.01. The van der Waals surface area contributed by atoms with Crippen molar-refractivity contribution in [2.75, 3.05) is 6.54 Å². The fourth-order valence-corrected chi connectivity index (χ4v) is 2.34. The lowest BCUT2D eigenvalue weighted by Crippen LogP contribution is -2.41. The number of hydrogen-bond donors (Lipinski definition) is 0. The molecule has 0 aromatic heterocycles. The van der Waals surface area contributed by atoms with E-state index in [4.69, 9.17) is 4.74 Å². The molecule has 4 heteroatoms. The lowest BCUT2D eigenvalue weighted by Gasteiger charge is -2.25. The van der Waals surface area contributed by atoms with Gasteiger partial charge in [-0.2, -0.15) is 0 Å². The quantitative estimate of drug-likeness (QED) is 0.736. The Morgan fingerprint density at radius 1 is 1.18 bits per heavy atom. The second-order valence-electron chi connectivity index (χ2n) is 6.47. The minimum absolute atomic E-state index is 0.240. The van der Waals surface area contributed by atoms with Gasteiger partial charge in [0.15, 0.2) is 0 Å². The van der Waals surface area contributed by atoms with Crippen molar-refractivity contribution in [3.8, 4) is 0 Å². The van der Waals surface area contributed by atoms with E-state index in [1.165, 1.54) is 4.90 Å². The van der Waals surface area contributed by atoms with E-state index in [0.717, 1.165) is 18.4 Å². The highest BCUT2D eigenvalue weighted by molar-refractivity contribution is 6.05. The molecule has 1 aliphatic rings. The number of carbonyl (C=O) groups excluding carboxylic acids is 2. The van der Waals surface area contributed by atoms with Crippen LogP contribution >= 0.6 is 0 Å². The molecule has 0 aliphatic carbocycles. The summed E-state index contributed by atoms with van der Waals surface area (Å²) in [6.45, 7) is 5.82. The van der Waals surface area contributed by atoms with Crippen LogP contribution in [0.1, 0.15) is 45.6 Å². The Bertz CT molecular complexity index is 570. The highest BCUT2D eigenvalue weighted by Gasteiger charge is 2.30. The fourth-order valence-electron chi connectivity index (χ4n) is 2.34. The monoisotopic (exact) mass is 301 g/mol. The van der Waals surface area contributed by atoms with E-state index in [9.17, 15) is 9.59 Å². The molecule has 1 fully saturated rings. The van der Waals surface area contributed by atoms with E-state index in [0.29, 0.717) is 18.5 Å². The number of likely N-dealkylation sites (tertiary alicyclic amines) is 1. The molecule has 0 N–H and O–H groups in total. The van der Waals surface area contributed by atoms with E-state index in [1.54, 1.807) is 20.8 Å². The standard InChI is InChI=1S/C18H23NO3/c1-18(2,3)22-17(21)19-12-8-7-11-15(16(19)20)13-14-9-5-4-6-10-14/h4-6,9-10,13H,7-8,11-12H2,1-3H3/b15-13+. The Labute approximate surface area is 131 Å². The van der Waals surface area contributed by atoms with Crippen LogP contribution in [0.2, 0.25) is 0 Å². The van der Waals surface area contributed by atoms with Crippen LogP contribution in [-0.4, -0.2) is 29.0 Å². The third kappa shape index (κ3) is 4.45. The molecule has 0 saturated carbocycles. The molecule has 4 nitrogen and oxygen atoms in total. The van der Waals surface area contributed by atoms with Gasteiger partial charge in [0.05, 0.1) is 0 Å². The molecule has 0 unspecified atom stereocenters. The summed E-state index contributed by atoms with van der Waals surface area (Å²) >= 11 is 0. The lowest BCUT2D eigenvalue weighted by molar-refractivity contribution is -0.126. The van der Waals surface area contributed by atoms with Gasteiger partial charge in [0.25, 0.3) is 5.91 Å². The maximum absolute atomic E-state index is 12.6. The van der Waals surface area contributed by atoms with E-state index in [2.05, 4.69) is 0 Å². The first kappa shape index (κ1) is 16.3. The van der Waals surface area contributed by atoms with E-state index < -0.39 is 11.7 Å². The van der Waals surface area contributed by atoms with Gasteiger partial charge in [0, 0.05) is 12.1 Å². The van der Waals surface area contributed by atoms with Gasteiger partial charge in [0.1, 0.15) is 5.60 Å². The number of nitrogens with zero attached hydrogens (tertiary/aromatic N) is 1. The summed E-state index contributed by atoms with van der Waals surface area (Å²) in [5, 5.41) is 0. The van der Waals surface area contributed by atoms with Gasteiger partial charge in [-0.15, -0.1) is 0 Å². The molecule has 0 radical (unpaired) electrons. The van der Waals surface area contributed by atoms with Gasteiger partial charge in [-0.3, -0.25) is 4.79 Å². The number of hydrogen-bond acceptors (Lipinski definition) is 3. The first-order valence-corrected chi connectivity index (χ1v) is 7.67. The minimum atomic E-state index is -0.604. The molecular weight excluding hydrogens is 278 g/mol. The van der Waals surface area contributed by atoms with Gasteiger partial charge in [0.2, 0.25) is 0 Å². The zero-order chi connectivity index (χ0) is 16.2. The summed E-state index contributed by atoms with van der Waals surface area (Å²) in [6.07, 6.45) is 3.69. The van der Waals surface area contributed by atoms with Crippen molar-refractivity contribution < 1.29 is 14.3 Å². The summed E-state index contributed by atoms with van der Waals surface area (Å²) in [4.78, 5) is 26.1. The molecule has 1 aliphatic heterocycles. The van der Waals surface area contributed by atoms with Gasteiger partial charge in [-0.1, -0.05) is 30.3 Å². The molecule has 22 heavy (non-hydrogen) atoms. The molecular formula is C18H23NO3. The van der Waals surface area contributed by atoms with Crippen LogP contribution in [0.4, 0.5) is 4.79 Å². The Morgan fingerprint density at radius 2 is 1.86 bits per heavy atom. The average Bonchev–Trinajstić information content (AvgIpc) is 2.61. The van der Waals surface area contributed by atoms with Gasteiger partial charge >= 0.3 is 6.09 Å². The number of carbonyl (C=O) groups is 2. The largest absolute Gasteiger partial charge is 0.443 e. The maximum Gasteiger partial charge on any atom is 0.417 e. The third-order valence-electron chi connectivity index (χ3n) is 3.35. The van der Waals surface area contributed by atoms with Crippen molar-refractivity contribution in [1.29, 1.82) is 0 Å². The van der Waals surface area contributed by atoms with E-state index in [1.807, 2.05) is 36.4 Å². The zero-order valence-corrected chi connectivity index (χ0v) is 13.5. The zero-order valence-electron chi connectivity index (χ0n) is 13.5. The van der Waals surface area contributed by atoms with Crippen molar-refractivity contribution >= 4 is 18.1 Å². The van der Waals surface area contributed by atoms with Crippen molar-refractivity contribution in [1.82, 2.24) is 4.90 Å². The van der Waals surface area contributed by atoms with E-state index in [-0.39, 0.29) is 5.91 Å². The first-order chi connectivity index (χ1) is 10.4. The van der Waals surface area contributed by atoms with Crippen molar-refractivity contribution in [2.24, 2.45) is 0 Å². The Hall–Kier alpha value is -2.10. The molecule has 0 spiro atoms. The normalized spacial score (nSPS) is 18.2. The highest BCUT2D eigenvalue weighted by atomic mass is 16.6. The highest BCUT2D eigenvalue weighted by Crippen LogP contribution is 2.22. The molecule has 1 aromatic rings. The predicted octanol–water partition coefficient (Wildman–Crippen LogP) is 4.02. The number of imide groups is 1. The van der Waals surface area contributed by atoms with Crippen molar-refractivity contribution in [3.05, 3.63) is 41.5 Å². The van der Waals surface area contributed by atoms with Gasteiger partial charge < -0.3 is 4.74 Å². The minimum Gasteiger partial charge on any atom is -0.443 e. The summed E-state index contributed by atoms with van der Waals surface area (Å²) < 4.78 is 5.34. The van der Waals surface area contributed by atoms with Crippen LogP contribution in [0.5, 0.6) is 0 Å². The summed E-state index contributed by atoms with van der Waals surface area (Å²) in [5.74, 6) is -0.240. The molecule has 0 atom stereocenters. The number of benzene rings is 1. The molecule has 2 rings (SSSR count). The molecule has 1 saturated heterocycles.